The van der Waals surface area contributed by atoms with Crippen molar-refractivity contribution >= 4 is 11.0 Å². The maximum absolute atomic E-state index is 4.50. The molecule has 3 aromatic rings. The number of nitrogens with zero attached hydrogens (tertiary/aromatic N) is 2. The third-order valence-electron chi connectivity index (χ3n) is 4.63. The minimum absolute atomic E-state index is 0.816. The summed E-state index contributed by atoms with van der Waals surface area (Å²) in [5.74, 6) is 0.816. The zero-order valence-electron chi connectivity index (χ0n) is 12.7. The van der Waals surface area contributed by atoms with E-state index < -0.39 is 0 Å². The molecule has 0 amide bonds. The molecule has 0 radical (unpaired) electrons. The van der Waals surface area contributed by atoms with Gasteiger partial charge in [0.25, 0.3) is 0 Å². The lowest BCUT2D eigenvalue weighted by Gasteiger charge is -2.22. The fourth-order valence-electron chi connectivity index (χ4n) is 3.42. The molecule has 0 spiro atoms. The Morgan fingerprint density at radius 3 is 2.82 bits per heavy atom. The minimum atomic E-state index is 0.816. The van der Waals surface area contributed by atoms with E-state index in [1.54, 1.807) is 0 Å². The van der Waals surface area contributed by atoms with Gasteiger partial charge in [-0.15, -0.1) is 0 Å². The first-order valence-electron chi connectivity index (χ1n) is 8.12. The molecule has 22 heavy (non-hydrogen) atoms. The molecule has 3 heteroatoms. The smallest absolute Gasteiger partial charge is 0.100 e. The lowest BCUT2D eigenvalue weighted by Crippen LogP contribution is -2.28. The number of rotatable bonds is 3. The summed E-state index contributed by atoms with van der Waals surface area (Å²) < 4.78 is 2.18. The zero-order chi connectivity index (χ0) is 14.8. The van der Waals surface area contributed by atoms with E-state index in [1.165, 1.54) is 36.0 Å². The number of piperidine rings is 1. The highest BCUT2D eigenvalue weighted by atomic mass is 15.0. The Bertz CT molecular complexity index is 769. The molecule has 2 heterocycles. The third-order valence-corrected chi connectivity index (χ3v) is 4.63. The monoisotopic (exact) mass is 291 g/mol. The van der Waals surface area contributed by atoms with Crippen LogP contribution in [0, 0.1) is 5.92 Å². The van der Waals surface area contributed by atoms with Gasteiger partial charge < -0.3 is 5.32 Å². The van der Waals surface area contributed by atoms with E-state index in [0.29, 0.717) is 0 Å². The number of nitrogens with one attached hydrogen (secondary N) is 1. The number of hydrogen-bond acceptors (Lipinski definition) is 2. The highest BCUT2D eigenvalue weighted by Crippen LogP contribution is 2.22. The first-order chi connectivity index (χ1) is 10.9. The molecule has 0 bridgehead atoms. The number of imidazole rings is 1. The molecule has 1 saturated heterocycles. The van der Waals surface area contributed by atoms with Crippen LogP contribution >= 0.6 is 0 Å². The summed E-state index contributed by atoms with van der Waals surface area (Å²) in [7, 11) is 0. The molecule has 0 atom stereocenters. The molecule has 2 aromatic carbocycles. The van der Waals surface area contributed by atoms with Crippen molar-refractivity contribution in [2.75, 3.05) is 13.1 Å². The summed E-state index contributed by atoms with van der Waals surface area (Å²) in [4.78, 5) is 4.50. The van der Waals surface area contributed by atoms with E-state index in [2.05, 4.69) is 57.3 Å². The largest absolute Gasteiger partial charge is 0.317 e. The molecule has 1 aliphatic heterocycles. The van der Waals surface area contributed by atoms with Gasteiger partial charge in [-0.3, -0.25) is 4.57 Å². The van der Waals surface area contributed by atoms with E-state index >= 15 is 0 Å². The standard InChI is InChI=1S/C19H21N3/c1-2-7-19-18(6-1)21-14-22(19)17-5-3-4-16(13-17)12-15-8-10-20-11-9-15/h1-7,13-15,20H,8-12H2. The van der Waals surface area contributed by atoms with Crippen LogP contribution < -0.4 is 5.32 Å². The molecular weight excluding hydrogens is 270 g/mol. The second-order valence-electron chi connectivity index (χ2n) is 6.17. The highest BCUT2D eigenvalue weighted by Gasteiger charge is 2.14. The van der Waals surface area contributed by atoms with E-state index in [9.17, 15) is 0 Å². The minimum Gasteiger partial charge on any atom is -0.317 e. The molecule has 1 aromatic heterocycles. The van der Waals surface area contributed by atoms with Gasteiger partial charge in [-0.25, -0.2) is 4.98 Å². The molecule has 0 aliphatic carbocycles. The van der Waals surface area contributed by atoms with Crippen molar-refractivity contribution in [3.05, 3.63) is 60.4 Å². The first-order valence-corrected chi connectivity index (χ1v) is 8.12. The van der Waals surface area contributed by atoms with Crippen LogP contribution in [0.4, 0.5) is 0 Å². The van der Waals surface area contributed by atoms with Crippen LogP contribution in [0.25, 0.3) is 16.7 Å². The summed E-state index contributed by atoms with van der Waals surface area (Å²) in [6.07, 6.45) is 5.69. The van der Waals surface area contributed by atoms with E-state index in [-0.39, 0.29) is 0 Å². The lowest BCUT2D eigenvalue weighted by molar-refractivity contribution is 0.372. The average molecular weight is 291 g/mol. The van der Waals surface area contributed by atoms with Gasteiger partial charge in [0, 0.05) is 5.69 Å². The van der Waals surface area contributed by atoms with Crippen molar-refractivity contribution in [2.45, 2.75) is 19.3 Å². The van der Waals surface area contributed by atoms with Crippen LogP contribution in [0.2, 0.25) is 0 Å². The molecule has 1 fully saturated rings. The summed E-state index contributed by atoms with van der Waals surface area (Å²) in [6.45, 7) is 2.33. The Balaban J connectivity index is 1.63. The summed E-state index contributed by atoms with van der Waals surface area (Å²) >= 11 is 0. The quantitative estimate of drug-likeness (QED) is 0.799. The molecule has 4 rings (SSSR count). The van der Waals surface area contributed by atoms with E-state index in [0.717, 1.165) is 24.5 Å². The SMILES string of the molecule is c1cc(CC2CCNCC2)cc(-n2cnc3ccccc32)c1. The van der Waals surface area contributed by atoms with Gasteiger partial charge in [0.05, 0.1) is 11.0 Å². The van der Waals surface area contributed by atoms with Crippen molar-refractivity contribution < 1.29 is 0 Å². The zero-order valence-corrected chi connectivity index (χ0v) is 12.7. The van der Waals surface area contributed by atoms with E-state index in [1.807, 2.05) is 12.4 Å². The third kappa shape index (κ3) is 2.64. The fourth-order valence-corrected chi connectivity index (χ4v) is 3.42. The molecule has 112 valence electrons. The van der Waals surface area contributed by atoms with Gasteiger partial charge in [-0.1, -0.05) is 24.3 Å². The van der Waals surface area contributed by atoms with Crippen molar-refractivity contribution in [1.82, 2.24) is 14.9 Å². The summed E-state index contributed by atoms with van der Waals surface area (Å²) in [5, 5.41) is 3.44. The summed E-state index contributed by atoms with van der Waals surface area (Å²) in [5.41, 5.74) is 4.86. The van der Waals surface area contributed by atoms with Gasteiger partial charge >= 0.3 is 0 Å². The maximum atomic E-state index is 4.50. The van der Waals surface area contributed by atoms with Crippen LogP contribution in [-0.4, -0.2) is 22.6 Å². The van der Waals surface area contributed by atoms with Crippen LogP contribution in [-0.2, 0) is 6.42 Å². The Morgan fingerprint density at radius 1 is 1.05 bits per heavy atom. The summed E-state index contributed by atoms with van der Waals surface area (Å²) in [6, 6.07) is 17.2. The van der Waals surface area contributed by atoms with Gasteiger partial charge in [-0.2, -0.15) is 0 Å². The maximum Gasteiger partial charge on any atom is 0.100 e. The number of para-hydroxylation sites is 2. The van der Waals surface area contributed by atoms with Crippen LogP contribution in [0.5, 0.6) is 0 Å². The predicted octanol–water partition coefficient (Wildman–Crippen LogP) is 3.57. The predicted molar refractivity (Wildman–Crippen MR) is 90.4 cm³/mol. The average Bonchev–Trinajstić information content (AvgIpc) is 3.00. The van der Waals surface area contributed by atoms with Gasteiger partial charge in [0.15, 0.2) is 0 Å². The molecule has 0 unspecified atom stereocenters. The second kappa shape index (κ2) is 5.93. The lowest BCUT2D eigenvalue weighted by atomic mass is 9.91. The first kappa shape index (κ1) is 13.5. The molecule has 1 aliphatic rings. The van der Waals surface area contributed by atoms with Crippen molar-refractivity contribution in [2.24, 2.45) is 5.92 Å². The molecule has 0 saturated carbocycles. The molecule has 1 N–H and O–H groups in total. The highest BCUT2D eigenvalue weighted by molar-refractivity contribution is 5.77. The van der Waals surface area contributed by atoms with Gasteiger partial charge in [0.2, 0.25) is 0 Å². The van der Waals surface area contributed by atoms with Crippen molar-refractivity contribution in [3.8, 4) is 5.69 Å². The molecule has 3 nitrogen and oxygen atoms in total. The van der Waals surface area contributed by atoms with Crippen LogP contribution in [0.3, 0.4) is 0 Å². The number of aromatic nitrogens is 2. The van der Waals surface area contributed by atoms with Crippen molar-refractivity contribution in [1.29, 1.82) is 0 Å². The van der Waals surface area contributed by atoms with Crippen LogP contribution in [0.1, 0.15) is 18.4 Å². The number of hydrogen-bond donors (Lipinski definition) is 1. The van der Waals surface area contributed by atoms with Crippen molar-refractivity contribution in [3.63, 3.8) is 0 Å². The number of fused-ring (bicyclic) bond motifs is 1. The van der Waals surface area contributed by atoms with Gasteiger partial charge in [0.1, 0.15) is 6.33 Å². The Kier molecular flexibility index (Phi) is 3.65. The Hall–Kier alpha value is -2.13. The van der Waals surface area contributed by atoms with E-state index in [4.69, 9.17) is 0 Å². The van der Waals surface area contributed by atoms with Gasteiger partial charge in [-0.05, 0) is 68.1 Å². The second-order valence-corrected chi connectivity index (χ2v) is 6.17. The fraction of sp³-hybridized carbons (Fsp3) is 0.316. The Morgan fingerprint density at radius 2 is 1.91 bits per heavy atom. The number of benzene rings is 2. The normalized spacial score (nSPS) is 16.2. The van der Waals surface area contributed by atoms with Crippen LogP contribution in [0.15, 0.2) is 54.9 Å². The topological polar surface area (TPSA) is 29.9 Å². The molecular formula is C19H21N3. The Labute approximate surface area is 131 Å².